The van der Waals surface area contributed by atoms with E-state index in [-0.39, 0.29) is 0 Å². The third kappa shape index (κ3) is 32.0. The molecule has 0 saturated carbocycles. The van der Waals surface area contributed by atoms with E-state index in [9.17, 15) is 0 Å². The molecule has 0 unspecified atom stereocenters. The molecule has 0 aliphatic carbocycles. The predicted octanol–water partition coefficient (Wildman–Crippen LogP) is 33.8. The molecular formula is C112H156N6O10. The highest BCUT2D eigenvalue weighted by Crippen LogP contribution is 2.44. The molecule has 0 fully saturated rings. The SMILES string of the molecule is CCCCCCCCOc1ccc(-c2nc3ccc(-c4nc5cc6nc(-c7ccc8nc(-c9ccc(OCCCCCCCC)c(OCCCCCCCC)c9)c(-c9ccc(OCCCCCCCC)c(OCCCCCCCC)c9)nc8c7)oc6cc5o4)cc3nc2-c2ccc(OCCCCCCCC)c(OCCCCCCCC)c2)cc1OCCCCCCCC. The van der Waals surface area contributed by atoms with Gasteiger partial charge in [-0.2, -0.15) is 0 Å². The van der Waals surface area contributed by atoms with Crippen molar-refractivity contribution >= 4 is 44.3 Å². The highest BCUT2D eigenvalue weighted by molar-refractivity contribution is 5.94. The molecule has 0 aliphatic rings. The summed E-state index contributed by atoms with van der Waals surface area (Å²) >= 11 is 0. The van der Waals surface area contributed by atoms with Crippen LogP contribution in [-0.2, 0) is 0 Å². The first-order valence-corrected chi connectivity index (χ1v) is 51.2. The number of nitrogens with zero attached hydrogens (tertiary/aromatic N) is 6. The molecule has 11 aromatic rings. The van der Waals surface area contributed by atoms with E-state index in [2.05, 4.69) is 128 Å². The number of rotatable bonds is 70. The first-order valence-electron chi connectivity index (χ1n) is 51.2. The molecule has 16 heteroatoms. The van der Waals surface area contributed by atoms with Gasteiger partial charge in [0.05, 0.1) is 97.7 Å². The summed E-state index contributed by atoms with van der Waals surface area (Å²) in [5.41, 5.74) is 13.0. The lowest BCUT2D eigenvalue weighted by atomic mass is 10.0. The van der Waals surface area contributed by atoms with Gasteiger partial charge in [-0.05, 0) is 167 Å². The van der Waals surface area contributed by atoms with Crippen molar-refractivity contribution in [1.82, 2.24) is 29.9 Å². The summed E-state index contributed by atoms with van der Waals surface area (Å²) in [6, 6.07) is 41.0. The molecule has 0 spiro atoms. The van der Waals surface area contributed by atoms with Gasteiger partial charge in [0.2, 0.25) is 11.8 Å². The number of unbranched alkanes of at least 4 members (excludes halogenated alkanes) is 40. The van der Waals surface area contributed by atoms with E-state index in [0.29, 0.717) is 132 Å². The fourth-order valence-electron chi connectivity index (χ4n) is 16.8. The van der Waals surface area contributed by atoms with Gasteiger partial charge in [-0.25, -0.2) is 29.9 Å². The number of benzene rings is 7. The van der Waals surface area contributed by atoms with Crippen LogP contribution in [0.3, 0.4) is 0 Å². The lowest BCUT2D eigenvalue weighted by Gasteiger charge is -2.17. The van der Waals surface area contributed by atoms with Gasteiger partial charge in [0.15, 0.2) is 57.2 Å². The normalized spacial score (nSPS) is 11.6. The smallest absolute Gasteiger partial charge is 0.227 e. The lowest BCUT2D eigenvalue weighted by Crippen LogP contribution is -2.04. The number of hydrogen-bond donors (Lipinski definition) is 0. The highest BCUT2D eigenvalue weighted by atomic mass is 16.5. The summed E-state index contributed by atoms with van der Waals surface area (Å²) in [5.74, 6) is 6.70. The average Bonchev–Trinajstić information content (AvgIpc) is 1.08. The minimum Gasteiger partial charge on any atom is -0.490 e. The van der Waals surface area contributed by atoms with Gasteiger partial charge < -0.3 is 46.7 Å². The monoisotopic (exact) mass is 1750 g/mol. The third-order valence-electron chi connectivity index (χ3n) is 24.6. The minimum atomic E-state index is 0.433. The Bertz CT molecular complexity index is 4640. The van der Waals surface area contributed by atoms with Gasteiger partial charge in [0.1, 0.15) is 11.0 Å². The predicted molar refractivity (Wildman–Crippen MR) is 531 cm³/mol. The molecule has 0 bridgehead atoms. The third-order valence-corrected chi connectivity index (χ3v) is 24.6. The zero-order valence-corrected chi connectivity index (χ0v) is 79.9. The van der Waals surface area contributed by atoms with Gasteiger partial charge in [-0.1, -0.05) is 312 Å². The van der Waals surface area contributed by atoms with Crippen LogP contribution in [0.4, 0.5) is 0 Å². The van der Waals surface area contributed by atoms with Crippen molar-refractivity contribution < 1.29 is 46.7 Å². The minimum absolute atomic E-state index is 0.433. The second kappa shape index (κ2) is 57.6. The van der Waals surface area contributed by atoms with E-state index < -0.39 is 0 Å². The molecule has 0 atom stereocenters. The fourth-order valence-corrected chi connectivity index (χ4v) is 16.8. The van der Waals surface area contributed by atoms with Crippen molar-refractivity contribution in [3.63, 3.8) is 0 Å². The Hall–Kier alpha value is -9.44. The number of hydrogen-bond acceptors (Lipinski definition) is 16. The molecule has 0 aliphatic heterocycles. The summed E-state index contributed by atoms with van der Waals surface area (Å²) in [6.45, 7) is 23.0. The molecular weight excluding hydrogens is 1590 g/mol. The zero-order chi connectivity index (χ0) is 89.2. The quantitative estimate of drug-likeness (QED) is 0.0329. The van der Waals surface area contributed by atoms with Crippen LogP contribution in [0.5, 0.6) is 46.0 Å². The summed E-state index contributed by atoms with van der Waals surface area (Å²) in [4.78, 5) is 32.6. The van der Waals surface area contributed by atoms with Gasteiger partial charge in [0.25, 0.3) is 0 Å². The van der Waals surface area contributed by atoms with Crippen LogP contribution in [-0.4, -0.2) is 82.8 Å². The number of oxazole rings is 2. The van der Waals surface area contributed by atoms with Crippen LogP contribution in [0.2, 0.25) is 0 Å². The van der Waals surface area contributed by atoms with E-state index in [1.54, 1.807) is 0 Å². The van der Waals surface area contributed by atoms with Gasteiger partial charge in [-0.15, -0.1) is 0 Å². The second-order valence-corrected chi connectivity index (χ2v) is 35.7. The first kappa shape index (κ1) is 99.1. The molecule has 0 amide bonds. The summed E-state index contributed by atoms with van der Waals surface area (Å²) in [7, 11) is 0. The van der Waals surface area contributed by atoms with Gasteiger partial charge >= 0.3 is 0 Å². The van der Waals surface area contributed by atoms with Crippen molar-refractivity contribution in [1.29, 1.82) is 0 Å². The van der Waals surface area contributed by atoms with Crippen LogP contribution in [0, 0.1) is 0 Å². The van der Waals surface area contributed by atoms with Crippen molar-refractivity contribution in [2.24, 2.45) is 0 Å². The van der Waals surface area contributed by atoms with Crippen LogP contribution in [0.1, 0.15) is 364 Å². The Kier molecular flexibility index (Phi) is 44.6. The Labute approximate surface area is 768 Å². The summed E-state index contributed by atoms with van der Waals surface area (Å²) in [5, 5.41) is 0. The molecule has 4 heterocycles. The maximum absolute atomic E-state index is 6.77. The maximum atomic E-state index is 6.77. The molecule has 0 saturated heterocycles. The summed E-state index contributed by atoms with van der Waals surface area (Å²) < 4.78 is 67.0. The second-order valence-electron chi connectivity index (χ2n) is 35.7. The van der Waals surface area contributed by atoms with Crippen molar-refractivity contribution in [3.05, 3.63) is 121 Å². The molecule has 128 heavy (non-hydrogen) atoms. The molecule has 0 radical (unpaired) electrons. The number of aromatic nitrogens is 6. The topological polar surface area (TPSA) is 177 Å². The maximum Gasteiger partial charge on any atom is 0.227 e. The molecule has 16 nitrogen and oxygen atoms in total. The highest BCUT2D eigenvalue weighted by Gasteiger charge is 2.25. The van der Waals surface area contributed by atoms with Gasteiger partial charge in [0, 0.05) is 39.4 Å². The van der Waals surface area contributed by atoms with Crippen LogP contribution in [0.25, 0.3) is 112 Å². The Morgan fingerprint density at radius 1 is 0.172 bits per heavy atom. The van der Waals surface area contributed by atoms with Crippen molar-refractivity contribution in [2.45, 2.75) is 364 Å². The Morgan fingerprint density at radius 3 is 0.609 bits per heavy atom. The fraction of sp³-hybridized carbons (Fsp3) is 0.571. The van der Waals surface area contributed by atoms with Crippen molar-refractivity contribution in [3.8, 4) is 114 Å². The van der Waals surface area contributed by atoms with Crippen LogP contribution < -0.4 is 37.9 Å². The average molecular weight is 1750 g/mol. The largest absolute Gasteiger partial charge is 0.490 e. The Balaban J connectivity index is 0.935. The molecule has 0 N–H and O–H groups in total. The molecule has 694 valence electrons. The van der Waals surface area contributed by atoms with Crippen molar-refractivity contribution in [2.75, 3.05) is 52.9 Å². The van der Waals surface area contributed by atoms with E-state index in [4.69, 9.17) is 76.6 Å². The summed E-state index contributed by atoms with van der Waals surface area (Å²) in [6.07, 6.45) is 56.4. The molecule has 4 aromatic heterocycles. The van der Waals surface area contributed by atoms with E-state index >= 15 is 0 Å². The van der Waals surface area contributed by atoms with E-state index in [0.717, 1.165) is 182 Å². The molecule has 11 rings (SSSR count). The van der Waals surface area contributed by atoms with Gasteiger partial charge in [-0.3, -0.25) is 0 Å². The Morgan fingerprint density at radius 2 is 0.375 bits per heavy atom. The standard InChI is InChI=1S/C112H156N6O10/c1-9-17-25-33-41-49-69-119-97-65-59-85(79-103(97)123-73-53-45-37-29-21-13-5)107-109(87-61-67-99(121-71-51-43-35-27-19-11-3)105(81-87)125-75-55-47-39-31-23-15-7)115-93-77-89(57-63-91(93)113-107)111-117-95-83-96-102(84-101(95)127-111)128-112(118-96)90-58-64-92-94(78-90)116-110(88-62-68-100(122-72-52-44-36-28-20-12-4)106(82-88)126-76-56-48-40-32-24-16-8)108(114-92)86-60-66-98(120-70-50-42-34-26-18-10-2)104(80-86)124-74-54-46-38-30-22-14-6/h57-68,77-84H,9-56,69-76H2,1-8H3. The van der Waals surface area contributed by atoms with Crippen LogP contribution >= 0.6 is 0 Å². The molecule has 7 aromatic carbocycles. The number of ether oxygens (including phenoxy) is 8. The van der Waals surface area contributed by atoms with Crippen LogP contribution in [0.15, 0.2) is 130 Å². The number of fused-ring (bicyclic) bond motifs is 4. The van der Waals surface area contributed by atoms with E-state index in [1.165, 1.54) is 205 Å². The first-order chi connectivity index (χ1) is 63.2. The lowest BCUT2D eigenvalue weighted by molar-refractivity contribution is 0.258. The van der Waals surface area contributed by atoms with E-state index in [1.807, 2.05) is 48.5 Å². The zero-order valence-electron chi connectivity index (χ0n) is 79.9.